The number of piperidine rings is 1. The van der Waals surface area contributed by atoms with Crippen molar-refractivity contribution in [2.24, 2.45) is 0 Å². The van der Waals surface area contributed by atoms with Crippen LogP contribution in [0.5, 0.6) is 5.75 Å². The largest absolute Gasteiger partial charge is 0.477 e. The number of aromatic nitrogens is 2. The van der Waals surface area contributed by atoms with Gasteiger partial charge in [-0.15, -0.1) is 0 Å². The number of halogens is 1. The number of carbonyl (C=O) groups excluding carboxylic acids is 1. The van der Waals surface area contributed by atoms with E-state index in [-0.39, 0.29) is 22.6 Å². The second kappa shape index (κ2) is 8.93. The van der Waals surface area contributed by atoms with Crippen molar-refractivity contribution < 1.29 is 22.3 Å². The number of rotatable bonds is 6. The molecule has 2 aliphatic rings. The predicted molar refractivity (Wildman–Crippen MR) is 119 cm³/mol. The van der Waals surface area contributed by atoms with E-state index in [4.69, 9.17) is 4.74 Å². The molecule has 11 heteroatoms. The fraction of sp³-hybridized carbons (Fsp3) is 0.571. The minimum Gasteiger partial charge on any atom is -0.477 e. The van der Waals surface area contributed by atoms with E-state index in [0.717, 1.165) is 49.2 Å². The number of anilines is 1. The molecule has 2 fully saturated rings. The summed E-state index contributed by atoms with van der Waals surface area (Å²) in [4.78, 5) is 21.5. The van der Waals surface area contributed by atoms with E-state index in [2.05, 4.69) is 28.1 Å². The third-order valence-corrected chi connectivity index (χ3v) is 7.82. The molecule has 0 unspecified atom stereocenters. The monoisotopic (exact) mass is 482 g/mol. The van der Waals surface area contributed by atoms with Crippen LogP contribution < -0.4 is 9.64 Å². The van der Waals surface area contributed by atoms with Crippen molar-refractivity contribution in [2.45, 2.75) is 56.1 Å². The van der Waals surface area contributed by atoms with Gasteiger partial charge in [-0.05, 0) is 31.0 Å². The summed E-state index contributed by atoms with van der Waals surface area (Å²) in [5.41, 5.74) is 0. The Bertz CT molecular complexity index is 1100. The number of nitrogens with zero attached hydrogens (tertiary/aromatic N) is 4. The molecule has 2 saturated heterocycles. The maximum absolute atomic E-state index is 14.3. The topological polar surface area (TPSA) is 92.7 Å². The second-order valence-corrected chi connectivity index (χ2v) is 11.3. The zero-order valence-electron chi connectivity index (χ0n) is 18.3. The second-order valence-electron chi connectivity index (χ2n) is 8.60. The summed E-state index contributed by atoms with van der Waals surface area (Å²) >= 11 is 1.41. The highest BCUT2D eigenvalue weighted by molar-refractivity contribution is 7.90. The molecule has 1 aromatic heterocycles. The Morgan fingerprint density at radius 2 is 1.91 bits per heavy atom. The lowest BCUT2D eigenvalue weighted by Crippen LogP contribution is -2.47. The number of likely N-dealkylation sites (tertiary alicyclic amines) is 1. The third kappa shape index (κ3) is 4.73. The van der Waals surface area contributed by atoms with Gasteiger partial charge in [0.2, 0.25) is 5.13 Å². The number of carbonyl (C=O) groups is 1. The quantitative estimate of drug-likeness (QED) is 0.625. The number of sulfone groups is 1. The van der Waals surface area contributed by atoms with Gasteiger partial charge in [-0.1, -0.05) is 13.8 Å². The third-order valence-electron chi connectivity index (χ3n) is 5.91. The van der Waals surface area contributed by atoms with Crippen molar-refractivity contribution in [1.82, 2.24) is 14.3 Å². The zero-order valence-corrected chi connectivity index (χ0v) is 20.0. The molecule has 8 nitrogen and oxygen atoms in total. The van der Waals surface area contributed by atoms with Gasteiger partial charge in [-0.2, -0.15) is 4.37 Å². The van der Waals surface area contributed by atoms with Crippen LogP contribution in [-0.4, -0.2) is 66.6 Å². The van der Waals surface area contributed by atoms with Crippen LogP contribution in [0.1, 0.15) is 44.9 Å². The fourth-order valence-corrected chi connectivity index (χ4v) is 5.56. The molecule has 1 amide bonds. The summed E-state index contributed by atoms with van der Waals surface area (Å²) in [5, 5.41) is 0.925. The van der Waals surface area contributed by atoms with Crippen molar-refractivity contribution in [1.29, 1.82) is 0 Å². The van der Waals surface area contributed by atoms with E-state index in [0.29, 0.717) is 18.9 Å². The lowest BCUT2D eigenvalue weighted by atomic mass is 10.0. The molecule has 3 heterocycles. The van der Waals surface area contributed by atoms with Gasteiger partial charge in [-0.25, -0.2) is 17.8 Å². The maximum Gasteiger partial charge on any atom is 0.263 e. The van der Waals surface area contributed by atoms with Gasteiger partial charge in [0.15, 0.2) is 27.5 Å². The Hall–Kier alpha value is -2.27. The number of hydrogen-bond acceptors (Lipinski definition) is 8. The Labute approximate surface area is 191 Å². The Morgan fingerprint density at radius 3 is 2.50 bits per heavy atom. The van der Waals surface area contributed by atoms with Crippen LogP contribution in [0.2, 0.25) is 0 Å². The average molecular weight is 483 g/mol. The summed E-state index contributed by atoms with van der Waals surface area (Å²) < 4.78 is 47.5. The van der Waals surface area contributed by atoms with Crippen molar-refractivity contribution in [3.8, 4) is 5.75 Å². The van der Waals surface area contributed by atoms with Crippen LogP contribution in [0.4, 0.5) is 9.52 Å². The predicted octanol–water partition coefficient (Wildman–Crippen LogP) is 2.85. The molecule has 4 rings (SSSR count). The van der Waals surface area contributed by atoms with Crippen molar-refractivity contribution >= 4 is 32.4 Å². The smallest absolute Gasteiger partial charge is 0.263 e. The molecule has 1 atom stereocenters. The van der Waals surface area contributed by atoms with Crippen LogP contribution in [0, 0.1) is 5.82 Å². The Morgan fingerprint density at radius 1 is 1.19 bits per heavy atom. The molecular weight excluding hydrogens is 455 g/mol. The summed E-state index contributed by atoms with van der Waals surface area (Å²) in [7, 11) is -3.51. The maximum atomic E-state index is 14.3. The van der Waals surface area contributed by atoms with E-state index < -0.39 is 21.8 Å². The number of amides is 1. The average Bonchev–Trinajstić information content (AvgIpc) is 3.37. The first-order valence-electron chi connectivity index (χ1n) is 10.7. The highest BCUT2D eigenvalue weighted by Gasteiger charge is 2.39. The van der Waals surface area contributed by atoms with Gasteiger partial charge >= 0.3 is 0 Å². The first-order valence-corrected chi connectivity index (χ1v) is 13.3. The van der Waals surface area contributed by atoms with E-state index in [1.165, 1.54) is 23.7 Å². The molecular formula is C21H27FN4O4S2. The molecule has 1 aromatic carbocycles. The molecule has 32 heavy (non-hydrogen) atoms. The van der Waals surface area contributed by atoms with Crippen LogP contribution in [0.3, 0.4) is 0 Å². The Kier molecular flexibility index (Phi) is 6.39. The molecule has 0 N–H and O–H groups in total. The fourth-order valence-electron chi connectivity index (χ4n) is 4.07. The van der Waals surface area contributed by atoms with Crippen molar-refractivity contribution in [2.75, 3.05) is 30.8 Å². The number of ether oxygens (including phenoxy) is 1. The summed E-state index contributed by atoms with van der Waals surface area (Å²) in [6.07, 6.45) is 2.38. The van der Waals surface area contributed by atoms with Gasteiger partial charge in [0, 0.05) is 55.8 Å². The number of benzene rings is 1. The van der Waals surface area contributed by atoms with Crippen molar-refractivity contribution in [3.05, 3.63) is 29.8 Å². The van der Waals surface area contributed by atoms with Gasteiger partial charge in [0.05, 0.1) is 4.90 Å². The standard InChI is InChI=1S/C21H27FN4O4S2/c1-13(2)19-23-21(31-24-19)25-9-6-14(7-10-25)26-11-8-18(20(26)27)30-17-5-4-15(12-16(17)22)32(3,28)29/h4-5,12-14,18H,6-11H2,1-3H3/t18-/m0/s1. The van der Waals surface area contributed by atoms with Gasteiger partial charge in [0.25, 0.3) is 5.91 Å². The lowest BCUT2D eigenvalue weighted by Gasteiger charge is -2.36. The van der Waals surface area contributed by atoms with Crippen LogP contribution in [0.25, 0.3) is 0 Å². The summed E-state index contributed by atoms with van der Waals surface area (Å²) in [6, 6.07) is 3.60. The highest BCUT2D eigenvalue weighted by atomic mass is 32.2. The minimum absolute atomic E-state index is 0.107. The molecule has 0 radical (unpaired) electrons. The van der Waals surface area contributed by atoms with Crippen LogP contribution >= 0.6 is 11.5 Å². The van der Waals surface area contributed by atoms with E-state index in [9.17, 15) is 17.6 Å². The highest BCUT2D eigenvalue weighted by Crippen LogP contribution is 2.30. The molecule has 0 spiro atoms. The molecule has 0 bridgehead atoms. The first kappa shape index (κ1) is 22.9. The molecule has 0 saturated carbocycles. The SMILES string of the molecule is CC(C)c1nsc(N2CCC(N3CC[C@H](Oc4ccc(S(C)(=O)=O)cc4F)C3=O)CC2)n1. The van der Waals surface area contributed by atoms with Gasteiger partial charge in [0.1, 0.15) is 5.82 Å². The summed E-state index contributed by atoms with van der Waals surface area (Å²) in [6.45, 7) is 6.30. The van der Waals surface area contributed by atoms with Gasteiger partial charge < -0.3 is 14.5 Å². The zero-order chi connectivity index (χ0) is 23.0. The van der Waals surface area contributed by atoms with Gasteiger partial charge in [-0.3, -0.25) is 4.79 Å². The molecule has 2 aliphatic heterocycles. The van der Waals surface area contributed by atoms with Crippen molar-refractivity contribution in [3.63, 3.8) is 0 Å². The molecule has 2 aromatic rings. The minimum atomic E-state index is -3.51. The normalized spacial score (nSPS) is 20.4. The summed E-state index contributed by atoms with van der Waals surface area (Å²) in [5.74, 6) is 0.116. The lowest BCUT2D eigenvalue weighted by molar-refractivity contribution is -0.135. The van der Waals surface area contributed by atoms with E-state index in [1.807, 2.05) is 4.90 Å². The Balaban J connectivity index is 1.35. The molecule has 174 valence electrons. The van der Waals surface area contributed by atoms with Crippen LogP contribution in [0.15, 0.2) is 23.1 Å². The van der Waals surface area contributed by atoms with E-state index >= 15 is 0 Å². The molecule has 0 aliphatic carbocycles. The number of hydrogen-bond donors (Lipinski definition) is 0. The van der Waals surface area contributed by atoms with Crippen LogP contribution in [-0.2, 0) is 14.6 Å². The first-order chi connectivity index (χ1) is 15.1. The van der Waals surface area contributed by atoms with E-state index in [1.54, 1.807) is 0 Å².